The molecule has 50 heavy (non-hydrogen) atoms. The molecule has 0 radical (unpaired) electrons. The lowest BCUT2D eigenvalue weighted by molar-refractivity contribution is -0.124. The van der Waals surface area contributed by atoms with E-state index in [1.54, 1.807) is 24.3 Å². The molecule has 0 bridgehead atoms. The minimum absolute atomic E-state index is 0.203. The molecular formula is C34H38N6O6S4. The number of hydrogen-bond acceptors (Lipinski definition) is 10. The third kappa shape index (κ3) is 10.4. The summed E-state index contributed by atoms with van der Waals surface area (Å²) in [6.45, 7) is 4.33. The van der Waals surface area contributed by atoms with E-state index in [0.717, 1.165) is 34.7 Å². The Hall–Kier alpha value is -4.12. The van der Waals surface area contributed by atoms with Gasteiger partial charge < -0.3 is 0 Å². The van der Waals surface area contributed by atoms with Crippen LogP contribution in [-0.4, -0.2) is 67.0 Å². The predicted molar refractivity (Wildman–Crippen MR) is 201 cm³/mol. The molecule has 0 atom stereocenters. The number of carbonyl (C=O) groups is 6. The highest BCUT2D eigenvalue weighted by Crippen LogP contribution is 2.42. The van der Waals surface area contributed by atoms with E-state index in [1.165, 1.54) is 9.80 Å². The quantitative estimate of drug-likeness (QED) is 0.0933. The molecule has 2 fully saturated rings. The first-order valence-electron chi connectivity index (χ1n) is 16.1. The van der Waals surface area contributed by atoms with Crippen LogP contribution < -0.4 is 21.7 Å². The molecule has 264 valence electrons. The highest BCUT2D eigenvalue weighted by molar-refractivity contribution is 8.29. The van der Waals surface area contributed by atoms with E-state index in [9.17, 15) is 28.8 Å². The van der Waals surface area contributed by atoms with E-state index in [4.69, 9.17) is 24.4 Å². The summed E-state index contributed by atoms with van der Waals surface area (Å²) < 4.78 is 0.723. The molecule has 0 aromatic heterocycles. The number of unbranched alkanes of at least 4 members (excludes halogenated alkanes) is 4. The number of amides is 6. The molecule has 2 aromatic rings. The van der Waals surface area contributed by atoms with Gasteiger partial charge in [-0.05, 0) is 62.8 Å². The van der Waals surface area contributed by atoms with Crippen LogP contribution in [0.4, 0.5) is 0 Å². The molecule has 2 heterocycles. The Morgan fingerprint density at radius 3 is 1.34 bits per heavy atom. The highest BCUT2D eigenvalue weighted by atomic mass is 32.2. The van der Waals surface area contributed by atoms with Crippen molar-refractivity contribution in [1.82, 2.24) is 31.5 Å². The second kappa shape index (κ2) is 18.8. The molecule has 4 N–H and O–H groups in total. The van der Waals surface area contributed by atoms with Crippen molar-refractivity contribution in [2.24, 2.45) is 0 Å². The molecule has 6 amide bonds. The Morgan fingerprint density at radius 2 is 0.960 bits per heavy atom. The number of aryl methyl sites for hydroxylation is 2. The summed E-state index contributed by atoms with van der Waals surface area (Å²) in [5.74, 6) is -2.07. The van der Waals surface area contributed by atoms with Gasteiger partial charge in [0, 0.05) is 37.1 Å². The third-order valence-corrected chi connectivity index (χ3v) is 10.9. The van der Waals surface area contributed by atoms with E-state index < -0.39 is 0 Å². The molecule has 16 heteroatoms. The minimum Gasteiger partial charge on any atom is -0.293 e. The molecule has 0 unspecified atom stereocenters. The number of nitrogens with zero attached hydrogens (tertiary/aromatic N) is 2. The largest absolute Gasteiger partial charge is 0.293 e. The van der Waals surface area contributed by atoms with Crippen LogP contribution in [0.5, 0.6) is 0 Å². The van der Waals surface area contributed by atoms with Crippen LogP contribution >= 0.6 is 48.0 Å². The Balaban J connectivity index is 1.13. The highest BCUT2D eigenvalue weighted by Gasteiger charge is 2.41. The summed E-state index contributed by atoms with van der Waals surface area (Å²) >= 11 is 13.1. The van der Waals surface area contributed by atoms with Crippen molar-refractivity contribution in [2.75, 3.05) is 13.1 Å². The molecule has 12 nitrogen and oxygen atoms in total. The summed E-state index contributed by atoms with van der Waals surface area (Å²) in [5.41, 5.74) is 12.3. The lowest BCUT2D eigenvalue weighted by Gasteiger charge is -2.14. The minimum atomic E-state index is -0.386. The van der Waals surface area contributed by atoms with Crippen LogP contribution in [-0.2, 0) is 19.2 Å². The number of hydrogen-bond donors (Lipinski definition) is 4. The number of rotatable bonds is 14. The number of carbonyl (C=O) groups excluding carboxylic acids is 6. The van der Waals surface area contributed by atoms with Crippen molar-refractivity contribution in [1.29, 1.82) is 0 Å². The molecule has 4 rings (SSSR count). The molecular weight excluding hydrogens is 717 g/mol. The fraction of sp³-hybridized carbons (Fsp3) is 0.353. The van der Waals surface area contributed by atoms with Gasteiger partial charge in [0.25, 0.3) is 23.6 Å². The Labute approximate surface area is 309 Å². The lowest BCUT2D eigenvalue weighted by Crippen LogP contribution is -2.41. The SMILES string of the molecule is Cc1ccccc1C(=O)NNC(=O)CCCCCN1C(=O)/C(=C2\SC(=S)N(CCCCCC(=O)NNC(=O)c3ccccc3C)C2=O)SC1=S. The van der Waals surface area contributed by atoms with Gasteiger partial charge in [-0.15, -0.1) is 0 Å². The van der Waals surface area contributed by atoms with Crippen LogP contribution in [0.15, 0.2) is 58.3 Å². The van der Waals surface area contributed by atoms with Crippen molar-refractivity contribution in [3.8, 4) is 0 Å². The van der Waals surface area contributed by atoms with Gasteiger partial charge >= 0.3 is 0 Å². The van der Waals surface area contributed by atoms with Crippen LogP contribution in [0.3, 0.4) is 0 Å². The number of hydrazine groups is 2. The second-order valence-corrected chi connectivity index (χ2v) is 14.9. The smallest absolute Gasteiger partial charge is 0.269 e. The topological polar surface area (TPSA) is 157 Å². The normalized spacial score (nSPS) is 15.8. The summed E-state index contributed by atoms with van der Waals surface area (Å²) in [6, 6.07) is 14.2. The fourth-order valence-corrected chi connectivity index (χ4v) is 7.86. The first kappa shape index (κ1) is 38.7. The first-order valence-corrected chi connectivity index (χ1v) is 18.5. The zero-order valence-electron chi connectivity index (χ0n) is 27.7. The number of benzene rings is 2. The number of nitrogens with one attached hydrogen (secondary N) is 4. The van der Waals surface area contributed by atoms with Gasteiger partial charge in [-0.25, -0.2) is 0 Å². The zero-order valence-corrected chi connectivity index (χ0v) is 30.9. The standard InChI is InChI=1S/C34H38N6O6S4/c1-21-13-7-9-15-23(21)29(43)37-35-25(41)17-5-3-11-19-39-31(45)27(49-33(39)47)28-32(46)40(34(48)50-28)20-12-4-6-18-26(42)36-38-30(44)24-16-10-8-14-22(24)2/h7-10,13-16H,3-6,11-12,17-20H2,1-2H3,(H,35,41)(H,36,42)(H,37,43)(H,38,44)/b28-27+. The Bertz CT molecular complexity index is 1610. The average Bonchev–Trinajstić information content (AvgIpc) is 3.54. The summed E-state index contributed by atoms with van der Waals surface area (Å²) in [5, 5.41) is 0. The van der Waals surface area contributed by atoms with E-state index >= 15 is 0 Å². The van der Waals surface area contributed by atoms with Gasteiger partial charge in [-0.3, -0.25) is 60.3 Å². The van der Waals surface area contributed by atoms with Gasteiger partial charge in [0.05, 0.1) is 9.81 Å². The van der Waals surface area contributed by atoms with Gasteiger partial charge in [-0.1, -0.05) is 97.2 Å². The van der Waals surface area contributed by atoms with Crippen LogP contribution in [0.25, 0.3) is 0 Å². The van der Waals surface area contributed by atoms with Gasteiger partial charge in [-0.2, -0.15) is 0 Å². The van der Waals surface area contributed by atoms with Gasteiger partial charge in [0.1, 0.15) is 8.64 Å². The molecule has 0 spiro atoms. The molecule has 2 aromatic carbocycles. The maximum absolute atomic E-state index is 13.2. The zero-order chi connectivity index (χ0) is 36.2. The second-order valence-electron chi connectivity index (χ2n) is 11.6. The number of thiocarbonyl (C=S) groups is 2. The monoisotopic (exact) mass is 754 g/mol. The van der Waals surface area contributed by atoms with Crippen LogP contribution in [0.2, 0.25) is 0 Å². The van der Waals surface area contributed by atoms with Crippen LogP contribution in [0, 0.1) is 13.8 Å². The molecule has 2 aliphatic rings. The van der Waals surface area contributed by atoms with E-state index in [2.05, 4.69) is 21.7 Å². The summed E-state index contributed by atoms with van der Waals surface area (Å²) in [7, 11) is 0. The first-order chi connectivity index (χ1) is 24.0. The van der Waals surface area contributed by atoms with Crippen molar-refractivity contribution in [3.05, 3.63) is 80.6 Å². The molecule has 0 saturated carbocycles. The average molecular weight is 755 g/mol. The molecule has 2 aliphatic heterocycles. The Kier molecular flexibility index (Phi) is 14.5. The van der Waals surface area contributed by atoms with Gasteiger partial charge in [0.15, 0.2) is 0 Å². The third-order valence-electron chi connectivity index (χ3n) is 7.89. The van der Waals surface area contributed by atoms with Gasteiger partial charge in [0.2, 0.25) is 11.8 Å². The van der Waals surface area contributed by atoms with Crippen molar-refractivity contribution in [2.45, 2.75) is 65.2 Å². The van der Waals surface area contributed by atoms with E-state index in [0.29, 0.717) is 71.4 Å². The van der Waals surface area contributed by atoms with Crippen molar-refractivity contribution < 1.29 is 28.8 Å². The van der Waals surface area contributed by atoms with E-state index in [1.807, 2.05) is 38.1 Å². The predicted octanol–water partition coefficient (Wildman–Crippen LogP) is 4.58. The molecule has 2 saturated heterocycles. The van der Waals surface area contributed by atoms with Crippen molar-refractivity contribution >= 4 is 92.0 Å². The van der Waals surface area contributed by atoms with Crippen LogP contribution in [0.1, 0.15) is 83.2 Å². The van der Waals surface area contributed by atoms with E-state index in [-0.39, 0.29) is 58.1 Å². The maximum atomic E-state index is 13.2. The maximum Gasteiger partial charge on any atom is 0.269 e. The molecule has 0 aliphatic carbocycles. The Morgan fingerprint density at radius 1 is 0.580 bits per heavy atom. The summed E-state index contributed by atoms with van der Waals surface area (Å²) in [6.07, 6.45) is 4.00. The van der Waals surface area contributed by atoms with Crippen molar-refractivity contribution in [3.63, 3.8) is 0 Å². The fourth-order valence-electron chi connectivity index (χ4n) is 5.09. The lowest BCUT2D eigenvalue weighted by atomic mass is 10.1. The number of thioether (sulfide) groups is 2. The summed E-state index contributed by atoms with van der Waals surface area (Å²) in [4.78, 5) is 78.9.